The van der Waals surface area contributed by atoms with Gasteiger partial charge in [-0.25, -0.2) is 12.8 Å². The molecule has 1 fully saturated rings. The number of carbonyl (C=O) groups excluding carboxylic acids is 1. The fraction of sp³-hybridized carbons (Fsp3) is 0.278. The highest BCUT2D eigenvalue weighted by Gasteiger charge is 2.36. The standard InChI is InChI=1S/C18H17FN2O3S/c19-14-2-1-3-16(10-14)25(23,24)20-15-7-6-12-8-9-21(17(12)11-15)18(22)13-4-5-13/h1-3,6-7,10-11,13,20H,4-5,8-9H2. The second kappa shape index (κ2) is 5.84. The monoisotopic (exact) mass is 360 g/mol. The van der Waals surface area contributed by atoms with Crippen LogP contribution in [0.15, 0.2) is 47.4 Å². The van der Waals surface area contributed by atoms with Gasteiger partial charge in [0.15, 0.2) is 0 Å². The van der Waals surface area contributed by atoms with E-state index in [0.717, 1.165) is 36.6 Å². The maximum atomic E-state index is 13.3. The van der Waals surface area contributed by atoms with Crippen LogP contribution in [0.3, 0.4) is 0 Å². The van der Waals surface area contributed by atoms with E-state index >= 15 is 0 Å². The summed E-state index contributed by atoms with van der Waals surface area (Å²) in [6.07, 6.45) is 2.62. The van der Waals surface area contributed by atoms with Gasteiger partial charge in [0.25, 0.3) is 10.0 Å². The van der Waals surface area contributed by atoms with Crippen molar-refractivity contribution in [2.24, 2.45) is 5.92 Å². The zero-order valence-corrected chi connectivity index (χ0v) is 14.2. The summed E-state index contributed by atoms with van der Waals surface area (Å²) < 4.78 is 40.6. The summed E-state index contributed by atoms with van der Waals surface area (Å²) in [6.45, 7) is 0.630. The molecule has 4 rings (SSSR count). The molecular formula is C18H17FN2O3S. The van der Waals surface area contributed by atoms with Gasteiger partial charge < -0.3 is 4.90 Å². The molecule has 2 aliphatic rings. The lowest BCUT2D eigenvalue weighted by atomic mass is 10.1. The third kappa shape index (κ3) is 3.11. The van der Waals surface area contributed by atoms with Crippen molar-refractivity contribution in [1.82, 2.24) is 0 Å². The molecule has 1 amide bonds. The van der Waals surface area contributed by atoms with Gasteiger partial charge in [-0.1, -0.05) is 12.1 Å². The maximum absolute atomic E-state index is 13.3. The smallest absolute Gasteiger partial charge is 0.261 e. The number of fused-ring (bicyclic) bond motifs is 1. The highest BCUT2D eigenvalue weighted by atomic mass is 32.2. The number of carbonyl (C=O) groups is 1. The Morgan fingerprint density at radius 1 is 1.16 bits per heavy atom. The number of benzene rings is 2. The lowest BCUT2D eigenvalue weighted by Gasteiger charge is -2.18. The second-order valence-electron chi connectivity index (χ2n) is 6.42. The van der Waals surface area contributed by atoms with Crippen molar-refractivity contribution in [2.45, 2.75) is 24.2 Å². The van der Waals surface area contributed by atoms with E-state index in [4.69, 9.17) is 0 Å². The van der Waals surface area contributed by atoms with E-state index in [0.29, 0.717) is 12.2 Å². The van der Waals surface area contributed by atoms with Gasteiger partial charge in [-0.3, -0.25) is 9.52 Å². The van der Waals surface area contributed by atoms with Crippen molar-refractivity contribution in [3.05, 3.63) is 53.8 Å². The van der Waals surface area contributed by atoms with Crippen LogP contribution in [0.4, 0.5) is 15.8 Å². The van der Waals surface area contributed by atoms with Gasteiger partial charge in [0, 0.05) is 18.2 Å². The molecule has 25 heavy (non-hydrogen) atoms. The molecule has 1 N–H and O–H groups in total. The van der Waals surface area contributed by atoms with E-state index in [1.54, 1.807) is 17.0 Å². The van der Waals surface area contributed by atoms with Crippen LogP contribution < -0.4 is 9.62 Å². The van der Waals surface area contributed by atoms with Gasteiger partial charge in [0.05, 0.1) is 10.6 Å². The first kappa shape index (κ1) is 16.1. The molecule has 5 nitrogen and oxygen atoms in total. The lowest BCUT2D eigenvalue weighted by molar-refractivity contribution is -0.119. The molecule has 7 heteroatoms. The minimum absolute atomic E-state index is 0.110. The topological polar surface area (TPSA) is 66.5 Å². The molecule has 1 aliphatic carbocycles. The van der Waals surface area contributed by atoms with E-state index in [2.05, 4.69) is 4.72 Å². The third-order valence-electron chi connectivity index (χ3n) is 4.53. The van der Waals surface area contributed by atoms with Gasteiger partial charge in [0.1, 0.15) is 5.82 Å². The molecule has 0 unspecified atom stereocenters. The third-order valence-corrected chi connectivity index (χ3v) is 5.91. The van der Waals surface area contributed by atoms with Crippen molar-refractivity contribution in [3.63, 3.8) is 0 Å². The molecule has 1 aliphatic heterocycles. The highest BCUT2D eigenvalue weighted by molar-refractivity contribution is 7.92. The number of halogens is 1. The molecule has 0 bridgehead atoms. The molecule has 0 saturated heterocycles. The summed E-state index contributed by atoms with van der Waals surface area (Å²) in [5, 5.41) is 0. The number of amides is 1. The van der Waals surface area contributed by atoms with Crippen LogP contribution in [-0.4, -0.2) is 20.9 Å². The van der Waals surface area contributed by atoms with Gasteiger partial charge in [0.2, 0.25) is 5.91 Å². The predicted octanol–water partition coefficient (Wildman–Crippen LogP) is 2.93. The zero-order chi connectivity index (χ0) is 17.6. The average Bonchev–Trinajstić information content (AvgIpc) is 3.34. The van der Waals surface area contributed by atoms with Crippen molar-refractivity contribution in [2.75, 3.05) is 16.2 Å². The summed E-state index contributed by atoms with van der Waals surface area (Å²) in [7, 11) is -3.89. The van der Waals surface area contributed by atoms with Crippen molar-refractivity contribution in [1.29, 1.82) is 0 Å². The minimum Gasteiger partial charge on any atom is -0.312 e. The van der Waals surface area contributed by atoms with Crippen molar-refractivity contribution in [3.8, 4) is 0 Å². The van der Waals surface area contributed by atoms with E-state index in [1.807, 2.05) is 6.07 Å². The van der Waals surface area contributed by atoms with Crippen LogP contribution >= 0.6 is 0 Å². The van der Waals surface area contributed by atoms with Gasteiger partial charge in [-0.15, -0.1) is 0 Å². The van der Waals surface area contributed by atoms with E-state index in [9.17, 15) is 17.6 Å². The maximum Gasteiger partial charge on any atom is 0.261 e. The quantitative estimate of drug-likeness (QED) is 0.912. The highest BCUT2D eigenvalue weighted by Crippen LogP contribution is 2.37. The molecule has 1 saturated carbocycles. The number of anilines is 2. The molecule has 130 valence electrons. The Morgan fingerprint density at radius 2 is 1.96 bits per heavy atom. The Hall–Kier alpha value is -2.41. The Labute approximate surface area is 145 Å². The molecule has 2 aromatic carbocycles. The SMILES string of the molecule is O=C(C1CC1)N1CCc2ccc(NS(=O)(=O)c3cccc(F)c3)cc21. The molecule has 0 atom stereocenters. The lowest BCUT2D eigenvalue weighted by Crippen LogP contribution is -2.30. The van der Waals surface area contributed by atoms with Crippen LogP contribution in [0.25, 0.3) is 0 Å². The number of nitrogens with one attached hydrogen (secondary N) is 1. The molecule has 0 radical (unpaired) electrons. The Kier molecular flexibility index (Phi) is 3.76. The first-order valence-electron chi connectivity index (χ1n) is 8.17. The largest absolute Gasteiger partial charge is 0.312 e. The Morgan fingerprint density at radius 3 is 2.68 bits per heavy atom. The summed E-state index contributed by atoms with van der Waals surface area (Å²) in [4.78, 5) is 14.0. The van der Waals surface area contributed by atoms with Crippen LogP contribution in [-0.2, 0) is 21.2 Å². The van der Waals surface area contributed by atoms with Crippen LogP contribution in [0.5, 0.6) is 0 Å². The number of hydrogen-bond donors (Lipinski definition) is 1. The molecule has 1 heterocycles. The van der Waals surface area contributed by atoms with E-state index in [1.165, 1.54) is 18.2 Å². The fourth-order valence-corrected chi connectivity index (χ4v) is 4.15. The van der Waals surface area contributed by atoms with Crippen LogP contribution in [0, 0.1) is 11.7 Å². The second-order valence-corrected chi connectivity index (χ2v) is 8.10. The van der Waals surface area contributed by atoms with Gasteiger partial charge in [-0.05, 0) is 55.2 Å². The zero-order valence-electron chi connectivity index (χ0n) is 13.4. The number of hydrogen-bond acceptors (Lipinski definition) is 3. The number of rotatable bonds is 4. The molecule has 0 aromatic heterocycles. The van der Waals surface area contributed by atoms with Crippen LogP contribution in [0.1, 0.15) is 18.4 Å². The Balaban J connectivity index is 1.62. The fourth-order valence-electron chi connectivity index (χ4n) is 3.07. The van der Waals surface area contributed by atoms with Crippen LogP contribution in [0.2, 0.25) is 0 Å². The molecule has 2 aromatic rings. The molecular weight excluding hydrogens is 343 g/mol. The Bertz CT molecular complexity index is 955. The normalized spacial score (nSPS) is 16.6. The minimum atomic E-state index is -3.89. The van der Waals surface area contributed by atoms with Crippen molar-refractivity contribution >= 4 is 27.3 Å². The summed E-state index contributed by atoms with van der Waals surface area (Å²) in [5.41, 5.74) is 2.15. The predicted molar refractivity (Wildman–Crippen MR) is 92.4 cm³/mol. The summed E-state index contributed by atoms with van der Waals surface area (Å²) in [6, 6.07) is 10.0. The van der Waals surface area contributed by atoms with Gasteiger partial charge >= 0.3 is 0 Å². The van der Waals surface area contributed by atoms with Gasteiger partial charge in [-0.2, -0.15) is 0 Å². The van der Waals surface area contributed by atoms with E-state index in [-0.39, 0.29) is 16.7 Å². The number of nitrogens with zero attached hydrogens (tertiary/aromatic N) is 1. The average molecular weight is 360 g/mol. The first-order valence-corrected chi connectivity index (χ1v) is 9.65. The molecule has 0 spiro atoms. The summed E-state index contributed by atoms with van der Waals surface area (Å²) >= 11 is 0. The van der Waals surface area contributed by atoms with Crippen molar-refractivity contribution < 1.29 is 17.6 Å². The summed E-state index contributed by atoms with van der Waals surface area (Å²) in [5.74, 6) is -0.388. The number of sulfonamides is 1. The first-order chi connectivity index (χ1) is 11.9. The van der Waals surface area contributed by atoms with E-state index < -0.39 is 15.8 Å².